The van der Waals surface area contributed by atoms with E-state index < -0.39 is 0 Å². The standard InChI is InChI=1S/C12H10BN/c1-2-5-11-10(4-1)7-8-13-12(11)6-3-9-14-13/h1-9,14H. The number of rotatable bonds is 0. The van der Waals surface area contributed by atoms with Crippen LogP contribution in [0.5, 0.6) is 0 Å². The molecule has 0 atom stereocenters. The lowest BCUT2D eigenvalue weighted by atomic mass is 9.50. The Hall–Kier alpha value is -1.70. The molecule has 2 heteroatoms. The zero-order valence-electron chi connectivity index (χ0n) is 7.77. The third kappa shape index (κ3) is 1.04. The lowest BCUT2D eigenvalue weighted by Crippen LogP contribution is -2.33. The topological polar surface area (TPSA) is 12.0 Å². The number of allylic oxidation sites excluding steroid dienone is 2. The molecule has 1 nitrogen and oxygen atoms in total. The van der Waals surface area contributed by atoms with Crippen molar-refractivity contribution in [3.8, 4) is 0 Å². The molecule has 0 amide bonds. The van der Waals surface area contributed by atoms with E-state index in [-0.39, 0.29) is 0 Å². The Morgan fingerprint density at radius 1 is 1.14 bits per heavy atom. The van der Waals surface area contributed by atoms with Crippen LogP contribution >= 0.6 is 0 Å². The minimum absolute atomic E-state index is 0.356. The molecule has 1 aromatic carbocycles. The van der Waals surface area contributed by atoms with Crippen LogP contribution in [0.4, 0.5) is 0 Å². The van der Waals surface area contributed by atoms with E-state index in [0.29, 0.717) is 6.85 Å². The summed E-state index contributed by atoms with van der Waals surface area (Å²) < 4.78 is 0. The first kappa shape index (κ1) is 7.68. The number of hydrogen-bond acceptors (Lipinski definition) is 1. The van der Waals surface area contributed by atoms with Crippen LogP contribution in [0.1, 0.15) is 11.1 Å². The van der Waals surface area contributed by atoms with E-state index in [0.717, 1.165) is 0 Å². The number of benzene rings is 1. The van der Waals surface area contributed by atoms with Gasteiger partial charge in [0.25, 0.3) is 0 Å². The van der Waals surface area contributed by atoms with Gasteiger partial charge in [-0.3, -0.25) is 0 Å². The quantitative estimate of drug-likeness (QED) is 0.602. The third-order valence-electron chi connectivity index (χ3n) is 2.72. The van der Waals surface area contributed by atoms with Crippen LogP contribution < -0.4 is 5.23 Å². The second-order valence-electron chi connectivity index (χ2n) is 3.57. The molecule has 0 aromatic heterocycles. The molecule has 2 aliphatic heterocycles. The molecule has 0 fully saturated rings. The first-order chi connectivity index (χ1) is 6.95. The molecule has 1 aromatic rings. The van der Waals surface area contributed by atoms with Crippen molar-refractivity contribution in [3.05, 3.63) is 59.7 Å². The summed E-state index contributed by atoms with van der Waals surface area (Å²) in [4.78, 5) is 0. The average molecular weight is 179 g/mol. The molecule has 3 rings (SSSR count). The summed E-state index contributed by atoms with van der Waals surface area (Å²) in [6.45, 7) is 0.356. The molecule has 0 saturated heterocycles. The van der Waals surface area contributed by atoms with Gasteiger partial charge in [0.1, 0.15) is 0 Å². The van der Waals surface area contributed by atoms with Crippen LogP contribution in [0.25, 0.3) is 11.5 Å². The summed E-state index contributed by atoms with van der Waals surface area (Å²) in [5.74, 6) is 2.21. The Morgan fingerprint density at radius 3 is 3.07 bits per heavy atom. The number of nitrogens with one attached hydrogen (secondary N) is 1. The van der Waals surface area contributed by atoms with Gasteiger partial charge in [-0.05, 0) is 28.9 Å². The maximum absolute atomic E-state index is 3.33. The fourth-order valence-electron chi connectivity index (χ4n) is 2.03. The predicted octanol–water partition coefficient (Wildman–Crippen LogP) is 2.28. The van der Waals surface area contributed by atoms with Crippen molar-refractivity contribution in [1.29, 1.82) is 0 Å². The minimum atomic E-state index is 0.356. The highest BCUT2D eigenvalue weighted by molar-refractivity contribution is 6.83. The average Bonchev–Trinajstić information content (AvgIpc) is 2.29. The lowest BCUT2D eigenvalue weighted by Gasteiger charge is -2.22. The van der Waals surface area contributed by atoms with Crippen LogP contribution in [0.2, 0.25) is 0 Å². The van der Waals surface area contributed by atoms with Gasteiger partial charge in [-0.2, -0.15) is 0 Å². The van der Waals surface area contributed by atoms with Crippen molar-refractivity contribution < 1.29 is 0 Å². The molecular formula is C12H10BN. The summed E-state index contributed by atoms with van der Waals surface area (Å²) in [5.41, 5.74) is 4.02. The molecule has 1 N–H and O–H groups in total. The van der Waals surface area contributed by atoms with Gasteiger partial charge in [-0.25, -0.2) is 0 Å². The van der Waals surface area contributed by atoms with Crippen LogP contribution in [0.15, 0.2) is 48.6 Å². The Kier molecular flexibility index (Phi) is 1.60. The van der Waals surface area contributed by atoms with Crippen molar-refractivity contribution >= 4 is 18.4 Å². The van der Waals surface area contributed by atoms with E-state index in [1.165, 1.54) is 16.6 Å². The van der Waals surface area contributed by atoms with E-state index in [1.54, 1.807) is 0 Å². The molecule has 2 aliphatic rings. The summed E-state index contributed by atoms with van der Waals surface area (Å²) in [7, 11) is 0. The van der Waals surface area contributed by atoms with Crippen molar-refractivity contribution in [2.75, 3.05) is 0 Å². The van der Waals surface area contributed by atoms with Gasteiger partial charge in [-0.1, -0.05) is 42.4 Å². The van der Waals surface area contributed by atoms with Gasteiger partial charge in [-0.15, -0.1) is 0 Å². The highest BCUT2D eigenvalue weighted by Crippen LogP contribution is 2.28. The summed E-state index contributed by atoms with van der Waals surface area (Å²) in [6.07, 6.45) is 8.42. The lowest BCUT2D eigenvalue weighted by molar-refractivity contribution is 1.32. The molecular weight excluding hydrogens is 169 g/mol. The zero-order valence-corrected chi connectivity index (χ0v) is 7.77. The van der Waals surface area contributed by atoms with Crippen LogP contribution in [-0.4, -0.2) is 6.85 Å². The largest absolute Gasteiger partial charge is 0.427 e. The fraction of sp³-hybridized carbons (Fsp3) is 0. The zero-order chi connectivity index (χ0) is 9.38. The second kappa shape index (κ2) is 2.91. The van der Waals surface area contributed by atoms with E-state index >= 15 is 0 Å². The predicted molar refractivity (Wildman–Crippen MR) is 61.5 cm³/mol. The van der Waals surface area contributed by atoms with Gasteiger partial charge in [0.15, 0.2) is 0 Å². The van der Waals surface area contributed by atoms with E-state index in [2.05, 4.69) is 53.7 Å². The Morgan fingerprint density at radius 2 is 2.07 bits per heavy atom. The smallest absolute Gasteiger partial charge is 0.313 e. The molecule has 2 heterocycles. The Balaban J connectivity index is 2.22. The van der Waals surface area contributed by atoms with Crippen molar-refractivity contribution in [2.45, 2.75) is 0 Å². The van der Waals surface area contributed by atoms with Gasteiger partial charge >= 0.3 is 6.85 Å². The highest BCUT2D eigenvalue weighted by Gasteiger charge is 2.23. The third-order valence-corrected chi connectivity index (χ3v) is 2.72. The monoisotopic (exact) mass is 179 g/mol. The molecule has 14 heavy (non-hydrogen) atoms. The fourth-order valence-corrected chi connectivity index (χ4v) is 2.03. The van der Waals surface area contributed by atoms with Gasteiger partial charge in [0.05, 0.1) is 0 Å². The van der Waals surface area contributed by atoms with Crippen molar-refractivity contribution in [1.82, 2.24) is 5.23 Å². The Labute approximate surface area is 83.9 Å². The first-order valence-electron chi connectivity index (χ1n) is 4.85. The molecule has 66 valence electrons. The van der Waals surface area contributed by atoms with Gasteiger partial charge < -0.3 is 5.23 Å². The summed E-state index contributed by atoms with van der Waals surface area (Å²) in [6, 6.07) is 8.50. The first-order valence-corrected chi connectivity index (χ1v) is 4.85. The van der Waals surface area contributed by atoms with E-state index in [4.69, 9.17) is 0 Å². The highest BCUT2D eigenvalue weighted by atomic mass is 14.7. The van der Waals surface area contributed by atoms with Gasteiger partial charge in [0.2, 0.25) is 0 Å². The normalized spacial score (nSPS) is 16.9. The molecule has 0 spiro atoms. The van der Waals surface area contributed by atoms with Crippen molar-refractivity contribution in [2.24, 2.45) is 0 Å². The Bertz CT molecular complexity index is 457. The van der Waals surface area contributed by atoms with Crippen LogP contribution in [-0.2, 0) is 0 Å². The van der Waals surface area contributed by atoms with Crippen molar-refractivity contribution in [3.63, 3.8) is 0 Å². The maximum atomic E-state index is 3.33. The summed E-state index contributed by atoms with van der Waals surface area (Å²) in [5, 5.41) is 3.33. The molecule has 0 bridgehead atoms. The molecule has 0 saturated carbocycles. The minimum Gasteiger partial charge on any atom is -0.427 e. The van der Waals surface area contributed by atoms with E-state index in [9.17, 15) is 0 Å². The van der Waals surface area contributed by atoms with Crippen LogP contribution in [0.3, 0.4) is 0 Å². The van der Waals surface area contributed by atoms with Gasteiger partial charge in [0, 0.05) is 0 Å². The molecule has 0 aliphatic carbocycles. The SMILES string of the molecule is C1=CNB2C=Cc3ccccc3C2=C1. The summed E-state index contributed by atoms with van der Waals surface area (Å²) >= 11 is 0. The second-order valence-corrected chi connectivity index (χ2v) is 3.57. The van der Waals surface area contributed by atoms with E-state index in [1.807, 2.05) is 6.20 Å². The number of hydrogen-bond donors (Lipinski definition) is 1. The number of fused-ring (bicyclic) bond motifs is 3. The molecule has 0 unspecified atom stereocenters. The maximum Gasteiger partial charge on any atom is 0.313 e. The van der Waals surface area contributed by atoms with Crippen LogP contribution in [0, 0.1) is 0 Å². The molecule has 0 radical (unpaired) electrons.